The molecule has 1 saturated heterocycles. The van der Waals surface area contributed by atoms with Gasteiger partial charge in [0.05, 0.1) is 6.04 Å². The Morgan fingerprint density at radius 2 is 2.07 bits per heavy atom. The molecule has 1 aliphatic heterocycles. The van der Waals surface area contributed by atoms with Gasteiger partial charge in [-0.05, 0) is 39.3 Å². The van der Waals surface area contributed by atoms with Gasteiger partial charge >= 0.3 is 0 Å². The maximum atomic E-state index is 4.34. The van der Waals surface area contributed by atoms with Crippen molar-refractivity contribution in [2.45, 2.75) is 38.8 Å². The molecule has 0 spiro atoms. The topological polar surface area (TPSA) is 29.0 Å². The molecule has 3 heteroatoms. The van der Waals surface area contributed by atoms with Gasteiger partial charge in [0.25, 0.3) is 0 Å². The van der Waals surface area contributed by atoms with Crippen LogP contribution in [-0.4, -0.2) is 27.5 Å². The SMILES string of the molecule is CC(C)N1CCC[C@@H]1c1ncccn1. The molecule has 0 aliphatic carbocycles. The first kappa shape index (κ1) is 9.59. The minimum Gasteiger partial charge on any atom is -0.291 e. The molecule has 1 fully saturated rings. The summed E-state index contributed by atoms with van der Waals surface area (Å²) < 4.78 is 0. The second kappa shape index (κ2) is 4.05. The summed E-state index contributed by atoms with van der Waals surface area (Å²) in [6.45, 7) is 5.66. The zero-order valence-corrected chi connectivity index (χ0v) is 8.85. The van der Waals surface area contributed by atoms with Crippen molar-refractivity contribution in [3.63, 3.8) is 0 Å². The summed E-state index contributed by atoms with van der Waals surface area (Å²) in [7, 11) is 0. The molecule has 0 saturated carbocycles. The zero-order valence-electron chi connectivity index (χ0n) is 8.85. The Hall–Kier alpha value is -0.960. The van der Waals surface area contributed by atoms with Crippen molar-refractivity contribution in [2.75, 3.05) is 6.54 Å². The van der Waals surface area contributed by atoms with Crippen molar-refractivity contribution in [2.24, 2.45) is 0 Å². The van der Waals surface area contributed by atoms with E-state index in [9.17, 15) is 0 Å². The number of hydrogen-bond acceptors (Lipinski definition) is 3. The first-order chi connectivity index (χ1) is 6.79. The average Bonchev–Trinajstić information content (AvgIpc) is 2.67. The highest BCUT2D eigenvalue weighted by Crippen LogP contribution is 2.30. The standard InChI is InChI=1S/C11H17N3/c1-9(2)14-8-3-5-10(14)11-12-6-4-7-13-11/h4,6-7,9-10H,3,5,8H2,1-2H3/t10-/m1/s1. The highest BCUT2D eigenvalue weighted by atomic mass is 15.2. The van der Waals surface area contributed by atoms with Crippen LogP contribution in [0.5, 0.6) is 0 Å². The van der Waals surface area contributed by atoms with E-state index in [0.29, 0.717) is 12.1 Å². The largest absolute Gasteiger partial charge is 0.291 e. The Bertz CT molecular complexity index is 284. The number of likely N-dealkylation sites (tertiary alicyclic amines) is 1. The summed E-state index contributed by atoms with van der Waals surface area (Å²) in [6, 6.07) is 2.90. The smallest absolute Gasteiger partial charge is 0.145 e. The fourth-order valence-electron chi connectivity index (χ4n) is 2.17. The van der Waals surface area contributed by atoms with Crippen molar-refractivity contribution in [3.8, 4) is 0 Å². The first-order valence-electron chi connectivity index (χ1n) is 5.31. The average molecular weight is 191 g/mol. The number of nitrogens with zero attached hydrogens (tertiary/aromatic N) is 3. The fourth-order valence-corrected chi connectivity index (χ4v) is 2.17. The third-order valence-corrected chi connectivity index (χ3v) is 2.84. The monoisotopic (exact) mass is 191 g/mol. The summed E-state index contributed by atoms with van der Waals surface area (Å²) >= 11 is 0. The van der Waals surface area contributed by atoms with E-state index in [0.717, 1.165) is 5.82 Å². The fraction of sp³-hybridized carbons (Fsp3) is 0.636. The van der Waals surface area contributed by atoms with Gasteiger partial charge in [-0.2, -0.15) is 0 Å². The van der Waals surface area contributed by atoms with Crippen LogP contribution in [-0.2, 0) is 0 Å². The van der Waals surface area contributed by atoms with Gasteiger partial charge in [0.15, 0.2) is 0 Å². The summed E-state index contributed by atoms with van der Waals surface area (Å²) in [5, 5.41) is 0. The van der Waals surface area contributed by atoms with Crippen LogP contribution < -0.4 is 0 Å². The minimum atomic E-state index is 0.441. The Balaban J connectivity index is 2.18. The summed E-state index contributed by atoms with van der Waals surface area (Å²) in [6.07, 6.45) is 6.13. The van der Waals surface area contributed by atoms with Crippen LogP contribution in [0.15, 0.2) is 18.5 Å². The van der Waals surface area contributed by atoms with Crippen molar-refractivity contribution < 1.29 is 0 Å². The summed E-state index contributed by atoms with van der Waals surface area (Å²) in [5.41, 5.74) is 0. The molecule has 0 N–H and O–H groups in total. The molecular weight excluding hydrogens is 174 g/mol. The van der Waals surface area contributed by atoms with Crippen molar-refractivity contribution in [3.05, 3.63) is 24.3 Å². The zero-order chi connectivity index (χ0) is 9.97. The lowest BCUT2D eigenvalue weighted by Gasteiger charge is -2.26. The molecule has 0 amide bonds. The van der Waals surface area contributed by atoms with E-state index in [-0.39, 0.29) is 0 Å². The highest BCUT2D eigenvalue weighted by Gasteiger charge is 2.29. The Morgan fingerprint density at radius 1 is 1.36 bits per heavy atom. The van der Waals surface area contributed by atoms with Crippen LogP contribution in [0.3, 0.4) is 0 Å². The van der Waals surface area contributed by atoms with Gasteiger partial charge in [-0.15, -0.1) is 0 Å². The lowest BCUT2D eigenvalue weighted by atomic mass is 10.2. The van der Waals surface area contributed by atoms with Gasteiger partial charge in [-0.3, -0.25) is 4.90 Å². The van der Waals surface area contributed by atoms with Crippen LogP contribution in [0, 0.1) is 0 Å². The quantitative estimate of drug-likeness (QED) is 0.716. The number of aromatic nitrogens is 2. The van der Waals surface area contributed by atoms with Crippen LogP contribution >= 0.6 is 0 Å². The lowest BCUT2D eigenvalue weighted by molar-refractivity contribution is 0.198. The van der Waals surface area contributed by atoms with Crippen molar-refractivity contribution in [1.29, 1.82) is 0 Å². The van der Waals surface area contributed by atoms with Gasteiger partial charge in [-0.1, -0.05) is 0 Å². The maximum Gasteiger partial charge on any atom is 0.145 e. The van der Waals surface area contributed by atoms with E-state index in [4.69, 9.17) is 0 Å². The molecule has 3 nitrogen and oxygen atoms in total. The molecule has 1 aromatic heterocycles. The lowest BCUT2D eigenvalue weighted by Crippen LogP contribution is -2.31. The molecule has 0 unspecified atom stereocenters. The molecule has 14 heavy (non-hydrogen) atoms. The summed E-state index contributed by atoms with van der Waals surface area (Å²) in [4.78, 5) is 11.2. The second-order valence-corrected chi connectivity index (χ2v) is 4.10. The van der Waals surface area contributed by atoms with Gasteiger partial charge in [0, 0.05) is 18.4 Å². The molecule has 1 atom stereocenters. The molecule has 1 aromatic rings. The van der Waals surface area contributed by atoms with E-state index in [1.54, 1.807) is 0 Å². The van der Waals surface area contributed by atoms with Gasteiger partial charge < -0.3 is 0 Å². The predicted molar refractivity (Wildman–Crippen MR) is 55.8 cm³/mol. The van der Waals surface area contributed by atoms with E-state index in [1.165, 1.54) is 19.4 Å². The van der Waals surface area contributed by atoms with Gasteiger partial charge in [0.2, 0.25) is 0 Å². The highest BCUT2D eigenvalue weighted by molar-refractivity contribution is 4.99. The molecular formula is C11H17N3. The molecule has 76 valence electrons. The molecule has 0 radical (unpaired) electrons. The number of hydrogen-bond donors (Lipinski definition) is 0. The van der Waals surface area contributed by atoms with Crippen LogP contribution in [0.2, 0.25) is 0 Å². The molecule has 0 aromatic carbocycles. The molecule has 1 aliphatic rings. The van der Waals surface area contributed by atoms with Crippen LogP contribution in [0.4, 0.5) is 0 Å². The normalized spacial score (nSPS) is 23.2. The third kappa shape index (κ3) is 1.77. The van der Waals surface area contributed by atoms with Gasteiger partial charge in [-0.25, -0.2) is 9.97 Å². The Morgan fingerprint density at radius 3 is 2.71 bits per heavy atom. The third-order valence-electron chi connectivity index (χ3n) is 2.84. The van der Waals surface area contributed by atoms with E-state index in [2.05, 4.69) is 28.7 Å². The first-order valence-corrected chi connectivity index (χ1v) is 5.31. The summed E-state index contributed by atoms with van der Waals surface area (Å²) in [5.74, 6) is 0.985. The maximum absolute atomic E-state index is 4.34. The van der Waals surface area contributed by atoms with Crippen LogP contribution in [0.1, 0.15) is 38.6 Å². The molecule has 2 rings (SSSR count). The Labute approximate surface area is 85.2 Å². The number of rotatable bonds is 2. The van der Waals surface area contributed by atoms with E-state index in [1.807, 2.05) is 18.5 Å². The minimum absolute atomic E-state index is 0.441. The van der Waals surface area contributed by atoms with E-state index < -0.39 is 0 Å². The molecule has 0 bridgehead atoms. The van der Waals surface area contributed by atoms with Crippen LogP contribution in [0.25, 0.3) is 0 Å². The van der Waals surface area contributed by atoms with Crippen molar-refractivity contribution >= 4 is 0 Å². The van der Waals surface area contributed by atoms with Gasteiger partial charge in [0.1, 0.15) is 5.82 Å². The molecule has 2 heterocycles. The second-order valence-electron chi connectivity index (χ2n) is 4.10. The van der Waals surface area contributed by atoms with E-state index >= 15 is 0 Å². The predicted octanol–water partition coefficient (Wildman–Crippen LogP) is 2.02. The Kier molecular flexibility index (Phi) is 2.77. The van der Waals surface area contributed by atoms with Crippen molar-refractivity contribution in [1.82, 2.24) is 14.9 Å².